The summed E-state index contributed by atoms with van der Waals surface area (Å²) < 4.78 is 45.0. The van der Waals surface area contributed by atoms with Crippen molar-refractivity contribution in [3.05, 3.63) is 12.7 Å². The number of hydrogen-bond acceptors (Lipinski definition) is 11. The van der Waals surface area contributed by atoms with Crippen molar-refractivity contribution in [3.63, 3.8) is 0 Å². The van der Waals surface area contributed by atoms with E-state index in [-0.39, 0.29) is 18.8 Å². The lowest BCUT2D eigenvalue weighted by Crippen LogP contribution is -2.47. The molecular formula is C23H36N6O7S. The predicted molar refractivity (Wildman–Crippen MR) is 133 cm³/mol. The lowest BCUT2D eigenvalue weighted by atomic mass is 10.0. The van der Waals surface area contributed by atoms with Crippen LogP contribution in [0.4, 0.5) is 5.82 Å². The first-order valence-corrected chi connectivity index (χ1v) is 14.3. The maximum atomic E-state index is 12.4. The number of anilines is 1. The molecule has 14 heteroatoms. The van der Waals surface area contributed by atoms with Gasteiger partial charge in [0.15, 0.2) is 17.7 Å². The average Bonchev–Trinajstić information content (AvgIpc) is 3.51. The summed E-state index contributed by atoms with van der Waals surface area (Å²) in [5.41, 5.74) is 5.14. The summed E-state index contributed by atoms with van der Waals surface area (Å²) in [5.74, 6) is -0.440. The lowest BCUT2D eigenvalue weighted by Gasteiger charge is -2.30. The lowest BCUT2D eigenvalue weighted by molar-refractivity contribution is -0.182. The highest BCUT2D eigenvalue weighted by molar-refractivity contribution is 7.85. The van der Waals surface area contributed by atoms with Crippen LogP contribution < -0.4 is 10.5 Å². The molecule has 13 nitrogen and oxygen atoms in total. The van der Waals surface area contributed by atoms with Gasteiger partial charge < -0.3 is 20.3 Å². The third kappa shape index (κ3) is 6.37. The fourth-order valence-electron chi connectivity index (χ4n) is 4.79. The number of carbonyl (C=O) groups excluding carboxylic acids is 1. The summed E-state index contributed by atoms with van der Waals surface area (Å²) in [6.07, 6.45) is 9.78. The van der Waals surface area contributed by atoms with E-state index in [2.05, 4.69) is 21.9 Å². The molecule has 4 rings (SSSR count). The van der Waals surface area contributed by atoms with E-state index >= 15 is 0 Å². The van der Waals surface area contributed by atoms with Gasteiger partial charge in [-0.3, -0.25) is 13.5 Å². The van der Waals surface area contributed by atoms with Crippen molar-refractivity contribution in [2.24, 2.45) is 0 Å². The monoisotopic (exact) mass is 540 g/mol. The number of nitrogens with zero attached hydrogens (tertiary/aromatic N) is 4. The van der Waals surface area contributed by atoms with E-state index in [0.717, 1.165) is 19.3 Å². The van der Waals surface area contributed by atoms with Gasteiger partial charge in [0.2, 0.25) is 5.91 Å². The van der Waals surface area contributed by atoms with Crippen molar-refractivity contribution in [1.82, 2.24) is 24.2 Å². The molecule has 2 aliphatic rings. The molecule has 0 radical (unpaired) electrons. The van der Waals surface area contributed by atoms with Crippen LogP contribution in [0.15, 0.2) is 12.7 Å². The first-order valence-electron chi connectivity index (χ1n) is 12.9. The highest BCUT2D eigenvalue weighted by Crippen LogP contribution is 2.46. The number of ether oxygens (including phenoxy) is 2. The summed E-state index contributed by atoms with van der Waals surface area (Å²) in [5, 5.41) is 10.8. The van der Waals surface area contributed by atoms with Crippen molar-refractivity contribution in [2.45, 2.75) is 95.2 Å². The molecule has 2 saturated heterocycles. The Hall–Kier alpha value is -2.39. The van der Waals surface area contributed by atoms with E-state index < -0.39 is 46.9 Å². The second kappa shape index (κ2) is 12.0. The number of fused-ring (bicyclic) bond motifs is 3. The maximum absolute atomic E-state index is 12.4. The maximum Gasteiger partial charge on any atom is 0.362 e. The van der Waals surface area contributed by atoms with E-state index in [1.807, 2.05) is 4.72 Å². The van der Waals surface area contributed by atoms with Gasteiger partial charge in [-0.05, 0) is 6.42 Å². The Morgan fingerprint density at radius 1 is 1.19 bits per heavy atom. The molecular weight excluding hydrogens is 504 g/mol. The molecule has 4 N–H and O–H groups in total. The Morgan fingerprint density at radius 3 is 2.62 bits per heavy atom. The largest absolute Gasteiger partial charge is 0.387 e. The van der Waals surface area contributed by atoms with Crippen molar-refractivity contribution in [3.8, 4) is 0 Å². The number of nitrogens with two attached hydrogens (primary N) is 1. The van der Waals surface area contributed by atoms with Gasteiger partial charge in [-0.2, -0.15) is 8.42 Å². The average molecular weight is 541 g/mol. The number of imidazole rings is 1. The molecule has 1 amide bonds. The standard InChI is InChI=1S/C23H36N6O7S/c1-2-3-4-5-6-7-8-9-10-11-16(30)28-37(32,33)35-13-23-12-34-18(19(23)31)22(36-23)29-15-27-17-20(24)25-14-26-21(17)29/h14-15,18-19,22,31H,2-13H2,1H3,(H,28,30)(H2,24,25,26)/t18-,19+,22-,23-/m1/s1. The summed E-state index contributed by atoms with van der Waals surface area (Å²) >= 11 is 0. The number of rotatable bonds is 15. The number of aliphatic hydroxyl groups excluding tert-OH is 1. The minimum Gasteiger partial charge on any atom is -0.387 e. The molecule has 0 saturated carbocycles. The Labute approximate surface area is 216 Å². The number of carbonyl (C=O) groups is 1. The predicted octanol–water partition coefficient (Wildman–Crippen LogP) is 1.73. The molecule has 2 aromatic rings. The molecule has 2 aromatic heterocycles. The number of aliphatic hydroxyl groups is 1. The van der Waals surface area contributed by atoms with E-state index in [1.165, 1.54) is 44.8 Å². The number of hydrogen-bond donors (Lipinski definition) is 3. The third-order valence-electron chi connectivity index (χ3n) is 6.87. The first kappa shape index (κ1) is 27.6. The normalized spacial score (nSPS) is 25.2. The number of nitrogen functional groups attached to an aromatic ring is 1. The van der Waals surface area contributed by atoms with Gasteiger partial charge in [-0.25, -0.2) is 19.7 Å². The Morgan fingerprint density at radius 2 is 1.89 bits per heavy atom. The van der Waals surface area contributed by atoms with Crippen LogP contribution in [-0.2, 0) is 28.8 Å². The fraction of sp³-hybridized carbons (Fsp3) is 0.739. The molecule has 2 bridgehead atoms. The Kier molecular flexibility index (Phi) is 8.95. The van der Waals surface area contributed by atoms with E-state index in [0.29, 0.717) is 17.6 Å². The summed E-state index contributed by atoms with van der Waals surface area (Å²) in [6.45, 7) is 1.57. The van der Waals surface area contributed by atoms with Crippen molar-refractivity contribution in [2.75, 3.05) is 18.9 Å². The molecule has 2 aliphatic heterocycles. The van der Waals surface area contributed by atoms with Crippen LogP contribution >= 0.6 is 0 Å². The summed E-state index contributed by atoms with van der Waals surface area (Å²) in [4.78, 5) is 24.4. The molecule has 4 heterocycles. The molecule has 0 unspecified atom stereocenters. The van der Waals surface area contributed by atoms with Crippen LogP contribution in [0, 0.1) is 0 Å². The number of unbranched alkanes of at least 4 members (excludes halogenated alkanes) is 8. The van der Waals surface area contributed by atoms with Crippen LogP contribution in [0.1, 0.15) is 77.4 Å². The van der Waals surface area contributed by atoms with Crippen LogP contribution in [0.25, 0.3) is 11.2 Å². The molecule has 4 atom stereocenters. The smallest absolute Gasteiger partial charge is 0.362 e. The molecule has 2 fully saturated rings. The Balaban J connectivity index is 1.24. The fourth-order valence-corrected chi connectivity index (χ4v) is 5.58. The van der Waals surface area contributed by atoms with Crippen molar-refractivity contribution in [1.29, 1.82) is 0 Å². The minimum absolute atomic E-state index is 0.0823. The third-order valence-corrected chi connectivity index (χ3v) is 7.78. The number of amides is 1. The molecule has 37 heavy (non-hydrogen) atoms. The van der Waals surface area contributed by atoms with E-state index in [9.17, 15) is 18.3 Å². The first-order chi connectivity index (χ1) is 17.8. The van der Waals surface area contributed by atoms with Crippen molar-refractivity contribution < 1.29 is 32.0 Å². The summed E-state index contributed by atoms with van der Waals surface area (Å²) in [6, 6.07) is 0. The second-order valence-corrected chi connectivity index (χ2v) is 11.0. The van der Waals surface area contributed by atoms with E-state index in [1.54, 1.807) is 4.57 Å². The number of nitrogens with one attached hydrogen (secondary N) is 1. The minimum atomic E-state index is -4.40. The molecule has 0 aromatic carbocycles. The SMILES string of the molecule is CCCCCCCCCCCC(=O)NS(=O)(=O)OC[C@@]12CO[C@@H]([C@H](n3cnc4c(N)ncnc43)O1)[C@@H]2O. The van der Waals surface area contributed by atoms with Crippen LogP contribution in [0.2, 0.25) is 0 Å². The zero-order valence-corrected chi connectivity index (χ0v) is 21.9. The van der Waals surface area contributed by atoms with Gasteiger partial charge >= 0.3 is 10.3 Å². The number of aromatic nitrogens is 4. The van der Waals surface area contributed by atoms with Gasteiger partial charge in [0.25, 0.3) is 0 Å². The summed E-state index contributed by atoms with van der Waals surface area (Å²) in [7, 11) is -4.40. The van der Waals surface area contributed by atoms with Gasteiger partial charge in [-0.15, -0.1) is 0 Å². The van der Waals surface area contributed by atoms with Crippen molar-refractivity contribution >= 4 is 33.2 Å². The van der Waals surface area contributed by atoms with E-state index in [4.69, 9.17) is 19.4 Å². The highest BCUT2D eigenvalue weighted by Gasteiger charge is 2.62. The van der Waals surface area contributed by atoms with Gasteiger partial charge in [0, 0.05) is 6.42 Å². The van der Waals surface area contributed by atoms with Crippen LogP contribution in [-0.4, -0.2) is 70.0 Å². The topological polar surface area (TPSA) is 181 Å². The molecule has 0 spiro atoms. The highest BCUT2D eigenvalue weighted by atomic mass is 32.2. The second-order valence-electron chi connectivity index (χ2n) is 9.70. The van der Waals surface area contributed by atoms with Gasteiger partial charge in [0.05, 0.1) is 12.9 Å². The Bertz CT molecular complexity index is 1180. The van der Waals surface area contributed by atoms with Crippen LogP contribution in [0.3, 0.4) is 0 Å². The quantitative estimate of drug-likeness (QED) is 0.280. The zero-order chi connectivity index (χ0) is 26.5. The molecule has 0 aliphatic carbocycles. The molecule has 206 valence electrons. The van der Waals surface area contributed by atoms with Gasteiger partial charge in [-0.1, -0.05) is 58.3 Å². The zero-order valence-electron chi connectivity index (χ0n) is 21.0. The van der Waals surface area contributed by atoms with Crippen LogP contribution in [0.5, 0.6) is 0 Å². The van der Waals surface area contributed by atoms with Gasteiger partial charge in [0.1, 0.15) is 36.3 Å².